The smallest absolute Gasteiger partial charge is 0.137 e. The lowest BCUT2D eigenvalue weighted by atomic mass is 9.98. The quantitative estimate of drug-likeness (QED) is 0.786. The number of hydrogen-bond donors (Lipinski definition) is 1. The summed E-state index contributed by atoms with van der Waals surface area (Å²) >= 11 is 0. The number of rotatable bonds is 5. The molecule has 0 aliphatic carbocycles. The summed E-state index contributed by atoms with van der Waals surface area (Å²) in [5, 5.41) is 22.6. The molecule has 1 aromatic heterocycles. The molecule has 3 rings (SSSR count). The SMILES string of the molecule is N#Cc1ccc(C(CCc2ccc(O)cc2)n2cncn2)cc1. The lowest BCUT2D eigenvalue weighted by Crippen LogP contribution is -2.12. The monoisotopic (exact) mass is 304 g/mol. The first-order chi connectivity index (χ1) is 11.3. The van der Waals surface area contributed by atoms with E-state index in [0.717, 1.165) is 24.0 Å². The van der Waals surface area contributed by atoms with E-state index in [1.165, 1.54) is 6.33 Å². The minimum Gasteiger partial charge on any atom is -0.508 e. The van der Waals surface area contributed by atoms with Crippen LogP contribution in [-0.4, -0.2) is 19.9 Å². The highest BCUT2D eigenvalue weighted by atomic mass is 16.3. The van der Waals surface area contributed by atoms with Gasteiger partial charge in [0.15, 0.2) is 0 Å². The molecular formula is C18H16N4O. The highest BCUT2D eigenvalue weighted by Gasteiger charge is 2.14. The van der Waals surface area contributed by atoms with Gasteiger partial charge in [0.2, 0.25) is 0 Å². The summed E-state index contributed by atoms with van der Waals surface area (Å²) in [6, 6.07) is 17.0. The van der Waals surface area contributed by atoms with Crippen molar-refractivity contribution in [2.75, 3.05) is 0 Å². The maximum Gasteiger partial charge on any atom is 0.137 e. The molecule has 0 saturated carbocycles. The van der Waals surface area contributed by atoms with Gasteiger partial charge in [-0.1, -0.05) is 24.3 Å². The van der Waals surface area contributed by atoms with E-state index in [2.05, 4.69) is 16.2 Å². The number of benzene rings is 2. The number of phenolic OH excluding ortho intramolecular Hbond substituents is 1. The van der Waals surface area contributed by atoms with Gasteiger partial charge in [-0.25, -0.2) is 9.67 Å². The van der Waals surface area contributed by atoms with E-state index >= 15 is 0 Å². The van der Waals surface area contributed by atoms with Crippen molar-refractivity contribution in [3.63, 3.8) is 0 Å². The fraction of sp³-hybridized carbons (Fsp3) is 0.167. The van der Waals surface area contributed by atoms with Gasteiger partial charge in [0.25, 0.3) is 0 Å². The molecule has 114 valence electrons. The van der Waals surface area contributed by atoms with Gasteiger partial charge in [0, 0.05) is 0 Å². The first-order valence-electron chi connectivity index (χ1n) is 7.38. The Morgan fingerprint density at radius 2 is 1.83 bits per heavy atom. The van der Waals surface area contributed by atoms with E-state index in [1.807, 2.05) is 41.1 Å². The Morgan fingerprint density at radius 3 is 2.43 bits per heavy atom. The van der Waals surface area contributed by atoms with Gasteiger partial charge in [-0.15, -0.1) is 0 Å². The molecule has 1 heterocycles. The van der Waals surface area contributed by atoms with Crippen molar-refractivity contribution in [1.29, 1.82) is 5.26 Å². The summed E-state index contributed by atoms with van der Waals surface area (Å²) in [6.07, 6.45) is 4.93. The van der Waals surface area contributed by atoms with E-state index in [0.29, 0.717) is 5.56 Å². The minimum atomic E-state index is 0.0547. The van der Waals surface area contributed by atoms with Crippen LogP contribution in [0.3, 0.4) is 0 Å². The fourth-order valence-corrected chi connectivity index (χ4v) is 2.58. The highest BCUT2D eigenvalue weighted by Crippen LogP contribution is 2.24. The Bertz CT molecular complexity index is 787. The molecule has 0 fully saturated rings. The molecular weight excluding hydrogens is 288 g/mol. The second-order valence-corrected chi connectivity index (χ2v) is 5.33. The number of nitrogens with zero attached hydrogens (tertiary/aromatic N) is 4. The maximum atomic E-state index is 9.36. The van der Waals surface area contributed by atoms with Crippen molar-refractivity contribution in [3.05, 3.63) is 77.9 Å². The van der Waals surface area contributed by atoms with E-state index in [-0.39, 0.29) is 11.8 Å². The summed E-state index contributed by atoms with van der Waals surface area (Å²) in [6.45, 7) is 0. The third-order valence-corrected chi connectivity index (χ3v) is 3.82. The van der Waals surface area contributed by atoms with E-state index in [1.54, 1.807) is 18.5 Å². The van der Waals surface area contributed by atoms with Crippen molar-refractivity contribution in [2.24, 2.45) is 0 Å². The van der Waals surface area contributed by atoms with E-state index < -0.39 is 0 Å². The fourth-order valence-electron chi connectivity index (χ4n) is 2.58. The molecule has 0 bridgehead atoms. The topological polar surface area (TPSA) is 74.7 Å². The largest absolute Gasteiger partial charge is 0.508 e. The summed E-state index contributed by atoms with van der Waals surface area (Å²) in [5.74, 6) is 0.272. The van der Waals surface area contributed by atoms with Crippen LogP contribution in [0, 0.1) is 11.3 Å². The van der Waals surface area contributed by atoms with Crippen LogP contribution in [0.25, 0.3) is 0 Å². The predicted octanol–water partition coefficient (Wildman–Crippen LogP) is 3.08. The second kappa shape index (κ2) is 6.75. The first-order valence-corrected chi connectivity index (χ1v) is 7.38. The van der Waals surface area contributed by atoms with Crippen molar-refractivity contribution in [1.82, 2.24) is 14.8 Å². The number of nitriles is 1. The molecule has 0 aliphatic rings. The number of aromatic nitrogens is 3. The molecule has 0 aliphatic heterocycles. The normalized spacial score (nSPS) is 11.8. The van der Waals surface area contributed by atoms with Crippen LogP contribution in [0.5, 0.6) is 5.75 Å². The summed E-state index contributed by atoms with van der Waals surface area (Å²) in [5.41, 5.74) is 2.89. The third-order valence-electron chi connectivity index (χ3n) is 3.82. The molecule has 1 atom stereocenters. The lowest BCUT2D eigenvalue weighted by molar-refractivity contribution is 0.474. The van der Waals surface area contributed by atoms with Gasteiger partial charge in [-0.2, -0.15) is 10.4 Å². The second-order valence-electron chi connectivity index (χ2n) is 5.33. The van der Waals surface area contributed by atoms with Gasteiger partial charge in [0.1, 0.15) is 18.4 Å². The summed E-state index contributed by atoms with van der Waals surface area (Å²) in [7, 11) is 0. The Morgan fingerprint density at radius 1 is 1.09 bits per heavy atom. The Balaban J connectivity index is 1.81. The Hall–Kier alpha value is -3.13. The number of aryl methyl sites for hydroxylation is 1. The van der Waals surface area contributed by atoms with Crippen molar-refractivity contribution in [2.45, 2.75) is 18.9 Å². The number of phenols is 1. The van der Waals surface area contributed by atoms with Crippen LogP contribution >= 0.6 is 0 Å². The first kappa shape index (κ1) is 14.8. The maximum absolute atomic E-state index is 9.36. The van der Waals surface area contributed by atoms with Gasteiger partial charge < -0.3 is 5.11 Å². The van der Waals surface area contributed by atoms with Gasteiger partial charge in [-0.3, -0.25) is 0 Å². The van der Waals surface area contributed by atoms with E-state index in [4.69, 9.17) is 5.26 Å². The number of hydrogen-bond acceptors (Lipinski definition) is 4. The van der Waals surface area contributed by atoms with Crippen LogP contribution in [0.1, 0.15) is 29.2 Å². The van der Waals surface area contributed by atoms with Gasteiger partial charge >= 0.3 is 0 Å². The van der Waals surface area contributed by atoms with Crippen molar-refractivity contribution >= 4 is 0 Å². The zero-order valence-electron chi connectivity index (χ0n) is 12.5. The van der Waals surface area contributed by atoms with E-state index in [9.17, 15) is 5.11 Å². The van der Waals surface area contributed by atoms with Crippen molar-refractivity contribution < 1.29 is 5.11 Å². The van der Waals surface area contributed by atoms with Crippen LogP contribution in [0.4, 0.5) is 0 Å². The Kier molecular flexibility index (Phi) is 4.34. The van der Waals surface area contributed by atoms with Crippen LogP contribution in [0.2, 0.25) is 0 Å². The average molecular weight is 304 g/mol. The molecule has 0 saturated heterocycles. The van der Waals surface area contributed by atoms with Crippen LogP contribution < -0.4 is 0 Å². The van der Waals surface area contributed by atoms with Gasteiger partial charge in [0.05, 0.1) is 17.7 Å². The molecule has 1 unspecified atom stereocenters. The standard InChI is InChI=1S/C18H16N4O/c19-11-15-1-6-16(7-2-15)18(22-13-20-12-21-22)10-5-14-3-8-17(23)9-4-14/h1-4,6-9,12-13,18,23H,5,10H2. The summed E-state index contributed by atoms with van der Waals surface area (Å²) in [4.78, 5) is 4.04. The number of aromatic hydroxyl groups is 1. The molecule has 5 heteroatoms. The molecule has 1 N–H and O–H groups in total. The average Bonchev–Trinajstić information content (AvgIpc) is 3.12. The predicted molar refractivity (Wildman–Crippen MR) is 85.7 cm³/mol. The zero-order chi connectivity index (χ0) is 16.1. The van der Waals surface area contributed by atoms with Crippen LogP contribution in [-0.2, 0) is 6.42 Å². The molecule has 0 spiro atoms. The lowest BCUT2D eigenvalue weighted by Gasteiger charge is -2.17. The molecule has 2 aromatic carbocycles. The zero-order valence-corrected chi connectivity index (χ0v) is 12.5. The molecule has 0 radical (unpaired) electrons. The van der Waals surface area contributed by atoms with Crippen molar-refractivity contribution in [3.8, 4) is 11.8 Å². The summed E-state index contributed by atoms with van der Waals surface area (Å²) < 4.78 is 1.84. The Labute approximate surface area is 134 Å². The third kappa shape index (κ3) is 3.55. The molecule has 23 heavy (non-hydrogen) atoms. The molecule has 3 aromatic rings. The van der Waals surface area contributed by atoms with Gasteiger partial charge in [-0.05, 0) is 48.2 Å². The molecule has 0 amide bonds. The highest BCUT2D eigenvalue weighted by molar-refractivity contribution is 5.33. The molecule has 5 nitrogen and oxygen atoms in total. The minimum absolute atomic E-state index is 0.0547. The van der Waals surface area contributed by atoms with Crippen LogP contribution in [0.15, 0.2) is 61.2 Å².